The lowest BCUT2D eigenvalue weighted by molar-refractivity contribution is -0.138. The summed E-state index contributed by atoms with van der Waals surface area (Å²) in [5, 5.41) is 21.1. The van der Waals surface area contributed by atoms with Crippen molar-refractivity contribution in [1.29, 1.82) is 0 Å². The van der Waals surface area contributed by atoms with Gasteiger partial charge in [-0.3, -0.25) is 4.79 Å². The van der Waals surface area contributed by atoms with E-state index in [0.717, 1.165) is 11.3 Å². The fourth-order valence-electron chi connectivity index (χ4n) is 1.65. The van der Waals surface area contributed by atoms with Crippen LogP contribution in [-0.2, 0) is 4.79 Å². The first-order valence-electron chi connectivity index (χ1n) is 5.62. The van der Waals surface area contributed by atoms with Crippen LogP contribution in [-0.4, -0.2) is 28.8 Å². The molecule has 0 radical (unpaired) electrons. The van der Waals surface area contributed by atoms with Gasteiger partial charge in [-0.2, -0.15) is 0 Å². The Labute approximate surface area is 101 Å². The highest BCUT2D eigenvalue weighted by Gasteiger charge is 2.10. The number of aliphatic hydroxyl groups excluding tert-OH is 1. The Hall–Kier alpha value is -1.55. The Morgan fingerprint density at radius 1 is 1.29 bits per heavy atom. The number of hydrogen-bond acceptors (Lipinski definition) is 3. The zero-order valence-electron chi connectivity index (χ0n) is 10.4. The van der Waals surface area contributed by atoms with Gasteiger partial charge in [0.05, 0.1) is 12.5 Å². The van der Waals surface area contributed by atoms with Gasteiger partial charge in [0, 0.05) is 12.2 Å². The van der Waals surface area contributed by atoms with Crippen molar-refractivity contribution in [3.63, 3.8) is 0 Å². The summed E-state index contributed by atoms with van der Waals surface area (Å²) in [5.74, 6) is -0.990. The average Bonchev–Trinajstić information content (AvgIpc) is 2.24. The third-order valence-corrected chi connectivity index (χ3v) is 3.00. The standard InChI is InChI=1S/C13H19NO3/c1-8-4-5-12(10(3)9(8)2)14-7-11(15)6-13(16)17/h4-5,11,14-15H,6-7H2,1-3H3,(H,16,17). The monoisotopic (exact) mass is 237 g/mol. The lowest BCUT2D eigenvalue weighted by atomic mass is 10.0. The maximum absolute atomic E-state index is 10.4. The van der Waals surface area contributed by atoms with E-state index in [2.05, 4.69) is 5.32 Å². The van der Waals surface area contributed by atoms with Gasteiger partial charge in [0.1, 0.15) is 0 Å². The topological polar surface area (TPSA) is 69.6 Å². The van der Waals surface area contributed by atoms with Crippen molar-refractivity contribution in [2.75, 3.05) is 11.9 Å². The molecule has 0 aliphatic carbocycles. The number of carbonyl (C=O) groups is 1. The van der Waals surface area contributed by atoms with Crippen molar-refractivity contribution in [3.8, 4) is 0 Å². The average molecular weight is 237 g/mol. The number of aliphatic carboxylic acids is 1. The van der Waals surface area contributed by atoms with Crippen molar-refractivity contribution >= 4 is 11.7 Å². The quantitative estimate of drug-likeness (QED) is 0.731. The molecule has 0 fully saturated rings. The normalized spacial score (nSPS) is 12.2. The molecule has 4 heteroatoms. The molecule has 1 rings (SSSR count). The molecule has 0 spiro atoms. The fourth-order valence-corrected chi connectivity index (χ4v) is 1.65. The summed E-state index contributed by atoms with van der Waals surface area (Å²) in [6.45, 7) is 6.35. The van der Waals surface area contributed by atoms with Gasteiger partial charge >= 0.3 is 5.97 Å². The molecule has 94 valence electrons. The van der Waals surface area contributed by atoms with E-state index in [1.165, 1.54) is 11.1 Å². The van der Waals surface area contributed by atoms with E-state index in [-0.39, 0.29) is 13.0 Å². The Balaban J connectivity index is 2.64. The van der Waals surface area contributed by atoms with Crippen LogP contribution in [0.2, 0.25) is 0 Å². The first-order valence-corrected chi connectivity index (χ1v) is 5.62. The first kappa shape index (κ1) is 13.5. The smallest absolute Gasteiger partial charge is 0.306 e. The van der Waals surface area contributed by atoms with Crippen LogP contribution in [0.25, 0.3) is 0 Å². The summed E-state index contributed by atoms with van der Waals surface area (Å²) in [6, 6.07) is 3.96. The fraction of sp³-hybridized carbons (Fsp3) is 0.462. The van der Waals surface area contributed by atoms with Crippen molar-refractivity contribution < 1.29 is 15.0 Å². The summed E-state index contributed by atoms with van der Waals surface area (Å²) in [6.07, 6.45) is -1.11. The Morgan fingerprint density at radius 3 is 2.53 bits per heavy atom. The molecule has 1 unspecified atom stereocenters. The molecule has 1 aromatic carbocycles. The number of anilines is 1. The molecule has 0 saturated carbocycles. The van der Waals surface area contributed by atoms with Crippen LogP contribution in [0.3, 0.4) is 0 Å². The molecule has 3 N–H and O–H groups in total. The summed E-state index contributed by atoms with van der Waals surface area (Å²) < 4.78 is 0. The Kier molecular flexibility index (Phi) is 4.52. The van der Waals surface area contributed by atoms with E-state index >= 15 is 0 Å². The molecule has 17 heavy (non-hydrogen) atoms. The molecule has 0 aliphatic rings. The third kappa shape index (κ3) is 3.75. The van der Waals surface area contributed by atoms with Gasteiger partial charge in [-0.1, -0.05) is 6.07 Å². The number of nitrogens with one attached hydrogen (secondary N) is 1. The van der Waals surface area contributed by atoms with Crippen molar-refractivity contribution in [2.45, 2.75) is 33.3 Å². The Morgan fingerprint density at radius 2 is 1.94 bits per heavy atom. The van der Waals surface area contributed by atoms with E-state index in [9.17, 15) is 9.90 Å². The minimum absolute atomic E-state index is 0.239. The van der Waals surface area contributed by atoms with Crippen LogP contribution in [0.5, 0.6) is 0 Å². The molecular weight excluding hydrogens is 218 g/mol. The van der Waals surface area contributed by atoms with E-state index in [0.29, 0.717) is 0 Å². The van der Waals surface area contributed by atoms with E-state index in [1.807, 2.05) is 32.9 Å². The molecule has 0 bridgehead atoms. The number of aryl methyl sites for hydroxylation is 1. The molecule has 0 aliphatic heterocycles. The number of hydrogen-bond donors (Lipinski definition) is 3. The zero-order valence-corrected chi connectivity index (χ0v) is 10.4. The highest BCUT2D eigenvalue weighted by atomic mass is 16.4. The number of carboxylic acids is 1. The lowest BCUT2D eigenvalue weighted by Crippen LogP contribution is -2.23. The zero-order chi connectivity index (χ0) is 13.0. The van der Waals surface area contributed by atoms with Crippen LogP contribution >= 0.6 is 0 Å². The molecule has 0 aromatic heterocycles. The van der Waals surface area contributed by atoms with Crippen molar-refractivity contribution in [3.05, 3.63) is 28.8 Å². The summed E-state index contributed by atoms with van der Waals surface area (Å²) in [5.41, 5.74) is 4.51. The number of carboxylic acid groups (broad SMARTS) is 1. The maximum atomic E-state index is 10.4. The second-order valence-electron chi connectivity index (χ2n) is 4.31. The van der Waals surface area contributed by atoms with Gasteiger partial charge in [0.2, 0.25) is 0 Å². The molecule has 1 atom stereocenters. The van der Waals surface area contributed by atoms with Gasteiger partial charge in [0.25, 0.3) is 0 Å². The molecule has 4 nitrogen and oxygen atoms in total. The van der Waals surface area contributed by atoms with Gasteiger partial charge < -0.3 is 15.5 Å². The van der Waals surface area contributed by atoms with Crippen LogP contribution in [0.15, 0.2) is 12.1 Å². The summed E-state index contributed by atoms with van der Waals surface area (Å²) in [7, 11) is 0. The van der Waals surface area contributed by atoms with Crippen LogP contribution < -0.4 is 5.32 Å². The van der Waals surface area contributed by atoms with E-state index in [1.54, 1.807) is 0 Å². The molecule has 1 aromatic rings. The number of rotatable bonds is 5. The maximum Gasteiger partial charge on any atom is 0.306 e. The van der Waals surface area contributed by atoms with Crippen LogP contribution in [0.1, 0.15) is 23.1 Å². The molecule has 0 amide bonds. The van der Waals surface area contributed by atoms with Crippen molar-refractivity contribution in [1.82, 2.24) is 0 Å². The minimum atomic E-state index is -0.990. The summed E-state index contributed by atoms with van der Waals surface area (Å²) >= 11 is 0. The minimum Gasteiger partial charge on any atom is -0.481 e. The number of aliphatic hydroxyl groups is 1. The SMILES string of the molecule is Cc1ccc(NCC(O)CC(=O)O)c(C)c1C. The van der Waals surface area contributed by atoms with Gasteiger partial charge in [-0.25, -0.2) is 0 Å². The highest BCUT2D eigenvalue weighted by molar-refractivity contribution is 5.67. The van der Waals surface area contributed by atoms with E-state index in [4.69, 9.17) is 5.11 Å². The van der Waals surface area contributed by atoms with Gasteiger partial charge in [-0.15, -0.1) is 0 Å². The molecule has 0 saturated heterocycles. The van der Waals surface area contributed by atoms with Crippen molar-refractivity contribution in [2.24, 2.45) is 0 Å². The van der Waals surface area contributed by atoms with E-state index < -0.39 is 12.1 Å². The number of benzene rings is 1. The molecule has 0 heterocycles. The Bertz CT molecular complexity index is 415. The largest absolute Gasteiger partial charge is 0.481 e. The highest BCUT2D eigenvalue weighted by Crippen LogP contribution is 2.21. The molecular formula is C13H19NO3. The summed E-state index contributed by atoms with van der Waals surface area (Å²) in [4.78, 5) is 10.4. The second-order valence-corrected chi connectivity index (χ2v) is 4.31. The third-order valence-electron chi connectivity index (χ3n) is 3.00. The van der Waals surface area contributed by atoms with Gasteiger partial charge in [0.15, 0.2) is 0 Å². The lowest BCUT2D eigenvalue weighted by Gasteiger charge is -2.15. The van der Waals surface area contributed by atoms with Crippen LogP contribution in [0.4, 0.5) is 5.69 Å². The predicted octanol–water partition coefficient (Wildman–Crippen LogP) is 1.86. The first-order chi connectivity index (χ1) is 7.91. The van der Waals surface area contributed by atoms with Crippen LogP contribution in [0, 0.1) is 20.8 Å². The van der Waals surface area contributed by atoms with Gasteiger partial charge in [-0.05, 0) is 43.5 Å². The predicted molar refractivity (Wildman–Crippen MR) is 67.4 cm³/mol. The second kappa shape index (κ2) is 5.68.